The van der Waals surface area contributed by atoms with Crippen LogP contribution in [0.25, 0.3) is 11.0 Å². The van der Waals surface area contributed by atoms with Crippen LogP contribution >= 0.6 is 0 Å². The molecular weight excluding hydrogens is 354 g/mol. The number of fused-ring (bicyclic) bond motifs is 1. The van der Waals surface area contributed by atoms with Crippen LogP contribution in [-0.4, -0.2) is 19.1 Å². The Balaban J connectivity index is 1.49. The molecule has 1 N–H and O–H groups in total. The van der Waals surface area contributed by atoms with Gasteiger partial charge in [-0.25, -0.2) is 4.79 Å². The highest BCUT2D eigenvalue weighted by atomic mass is 16.5. The molecule has 0 atom stereocenters. The average molecular weight is 379 g/mol. The third-order valence-electron chi connectivity index (χ3n) is 4.67. The molecule has 1 aromatic heterocycles. The fraction of sp³-hybridized carbons (Fsp3) is 0.304. The van der Waals surface area contributed by atoms with Crippen molar-refractivity contribution in [2.45, 2.75) is 33.1 Å². The Kier molecular flexibility index (Phi) is 6.14. The Morgan fingerprint density at radius 1 is 1.11 bits per heavy atom. The summed E-state index contributed by atoms with van der Waals surface area (Å²) >= 11 is 0. The van der Waals surface area contributed by atoms with Crippen LogP contribution in [0.15, 0.2) is 57.7 Å². The lowest BCUT2D eigenvalue weighted by atomic mass is 10.0. The summed E-state index contributed by atoms with van der Waals surface area (Å²) in [4.78, 5) is 23.5. The Labute approximate surface area is 164 Å². The summed E-state index contributed by atoms with van der Waals surface area (Å²) in [5, 5.41) is 3.70. The Morgan fingerprint density at radius 2 is 1.86 bits per heavy atom. The molecule has 3 aromatic rings. The lowest BCUT2D eigenvalue weighted by Gasteiger charge is -2.09. The predicted molar refractivity (Wildman–Crippen MR) is 110 cm³/mol. The molecule has 0 saturated heterocycles. The summed E-state index contributed by atoms with van der Waals surface area (Å²) in [5.41, 5.74) is 3.39. The first-order valence-corrected chi connectivity index (χ1v) is 9.45. The van der Waals surface area contributed by atoms with Crippen molar-refractivity contribution in [3.05, 3.63) is 75.6 Å². The van der Waals surface area contributed by atoms with Crippen molar-refractivity contribution in [2.24, 2.45) is 0 Å². The second-order valence-corrected chi connectivity index (χ2v) is 7.19. The molecule has 1 amide bonds. The first-order valence-electron chi connectivity index (χ1n) is 9.45. The normalized spacial score (nSPS) is 11.0. The van der Waals surface area contributed by atoms with E-state index in [-0.39, 0.29) is 12.5 Å². The van der Waals surface area contributed by atoms with E-state index in [9.17, 15) is 9.59 Å². The van der Waals surface area contributed by atoms with Gasteiger partial charge in [0.05, 0.1) is 0 Å². The zero-order valence-corrected chi connectivity index (χ0v) is 16.5. The minimum absolute atomic E-state index is 0.0894. The van der Waals surface area contributed by atoms with E-state index < -0.39 is 5.63 Å². The number of carbonyl (C=O) groups is 1. The van der Waals surface area contributed by atoms with Gasteiger partial charge in [-0.15, -0.1) is 0 Å². The van der Waals surface area contributed by atoms with E-state index in [1.54, 1.807) is 12.1 Å². The van der Waals surface area contributed by atoms with Crippen LogP contribution in [0, 0.1) is 6.92 Å². The molecule has 5 nitrogen and oxygen atoms in total. The molecule has 0 fully saturated rings. The summed E-state index contributed by atoms with van der Waals surface area (Å²) in [6, 6.07) is 15.1. The van der Waals surface area contributed by atoms with E-state index >= 15 is 0 Å². The van der Waals surface area contributed by atoms with Gasteiger partial charge >= 0.3 is 5.63 Å². The first-order chi connectivity index (χ1) is 13.4. The maximum absolute atomic E-state index is 12.0. The fourth-order valence-electron chi connectivity index (χ4n) is 3.01. The molecule has 0 unspecified atom stereocenters. The second kappa shape index (κ2) is 8.74. The highest BCUT2D eigenvalue weighted by molar-refractivity contribution is 5.81. The van der Waals surface area contributed by atoms with E-state index in [1.165, 1.54) is 17.2 Å². The van der Waals surface area contributed by atoms with E-state index in [0.29, 0.717) is 23.8 Å². The molecule has 2 aromatic carbocycles. The van der Waals surface area contributed by atoms with Crippen molar-refractivity contribution in [1.29, 1.82) is 0 Å². The van der Waals surface area contributed by atoms with Gasteiger partial charge in [-0.1, -0.05) is 38.1 Å². The Hall–Kier alpha value is -3.08. The van der Waals surface area contributed by atoms with E-state index in [4.69, 9.17) is 9.15 Å². The van der Waals surface area contributed by atoms with Crippen molar-refractivity contribution in [3.63, 3.8) is 0 Å². The van der Waals surface area contributed by atoms with E-state index in [2.05, 4.69) is 43.4 Å². The maximum atomic E-state index is 12.0. The Bertz CT molecular complexity index is 1020. The largest absolute Gasteiger partial charge is 0.484 e. The molecular formula is C23H25NO4. The third-order valence-corrected chi connectivity index (χ3v) is 4.67. The minimum atomic E-state index is -0.402. The van der Waals surface area contributed by atoms with Crippen LogP contribution < -0.4 is 15.7 Å². The highest BCUT2D eigenvalue weighted by Crippen LogP contribution is 2.22. The summed E-state index contributed by atoms with van der Waals surface area (Å²) in [7, 11) is 0. The average Bonchev–Trinajstić information content (AvgIpc) is 2.66. The van der Waals surface area contributed by atoms with Gasteiger partial charge in [0, 0.05) is 24.1 Å². The van der Waals surface area contributed by atoms with Crippen LogP contribution in [0.2, 0.25) is 0 Å². The monoisotopic (exact) mass is 379 g/mol. The summed E-state index contributed by atoms with van der Waals surface area (Å²) < 4.78 is 10.7. The van der Waals surface area contributed by atoms with Gasteiger partial charge in [0.15, 0.2) is 6.61 Å². The molecule has 0 aliphatic carbocycles. The van der Waals surface area contributed by atoms with Gasteiger partial charge in [-0.3, -0.25) is 4.79 Å². The molecule has 1 heterocycles. The fourth-order valence-corrected chi connectivity index (χ4v) is 3.01. The molecule has 0 bridgehead atoms. The van der Waals surface area contributed by atoms with Gasteiger partial charge in [0.25, 0.3) is 5.91 Å². The topological polar surface area (TPSA) is 68.5 Å². The second-order valence-electron chi connectivity index (χ2n) is 7.19. The summed E-state index contributed by atoms with van der Waals surface area (Å²) in [6.45, 7) is 6.64. The number of ether oxygens (including phenoxy) is 1. The quantitative estimate of drug-likeness (QED) is 0.631. The summed E-state index contributed by atoms with van der Waals surface area (Å²) in [6.07, 6.45) is 0.768. The third kappa shape index (κ3) is 5.00. The number of amides is 1. The van der Waals surface area contributed by atoms with E-state index in [1.807, 2.05) is 13.0 Å². The number of benzene rings is 2. The zero-order chi connectivity index (χ0) is 20.1. The van der Waals surface area contributed by atoms with Crippen molar-refractivity contribution >= 4 is 16.9 Å². The summed E-state index contributed by atoms with van der Waals surface area (Å²) in [5.74, 6) is 0.809. The number of hydrogen-bond donors (Lipinski definition) is 1. The Morgan fingerprint density at radius 3 is 2.57 bits per heavy atom. The van der Waals surface area contributed by atoms with Gasteiger partial charge in [-0.2, -0.15) is 0 Å². The molecule has 3 rings (SSSR count). The van der Waals surface area contributed by atoms with Crippen molar-refractivity contribution in [3.8, 4) is 5.75 Å². The molecule has 0 aliphatic heterocycles. The molecule has 28 heavy (non-hydrogen) atoms. The predicted octanol–water partition coefficient (Wildman–Crippen LogP) is 3.96. The smallest absolute Gasteiger partial charge is 0.336 e. The van der Waals surface area contributed by atoms with E-state index in [0.717, 1.165) is 17.4 Å². The molecule has 0 aliphatic rings. The SMILES string of the molecule is Cc1cc(=O)oc2cc(OCC(=O)NCCc3ccc(C(C)C)cc3)ccc12. The van der Waals surface area contributed by atoms with Crippen LogP contribution in [-0.2, 0) is 11.2 Å². The lowest BCUT2D eigenvalue weighted by molar-refractivity contribution is -0.123. The van der Waals surface area contributed by atoms with Crippen LogP contribution in [0.4, 0.5) is 0 Å². The first kappa shape index (κ1) is 19.7. The molecule has 0 saturated carbocycles. The van der Waals surface area contributed by atoms with Crippen molar-refractivity contribution in [1.82, 2.24) is 5.32 Å². The van der Waals surface area contributed by atoms with Gasteiger partial charge in [0.2, 0.25) is 0 Å². The van der Waals surface area contributed by atoms with Crippen LogP contribution in [0.3, 0.4) is 0 Å². The maximum Gasteiger partial charge on any atom is 0.336 e. The number of aryl methyl sites for hydroxylation is 1. The van der Waals surface area contributed by atoms with Gasteiger partial charge in [-0.05, 0) is 48.1 Å². The number of nitrogens with one attached hydrogen (secondary N) is 1. The van der Waals surface area contributed by atoms with Crippen LogP contribution in [0.5, 0.6) is 5.75 Å². The highest BCUT2D eigenvalue weighted by Gasteiger charge is 2.07. The molecule has 146 valence electrons. The molecule has 0 spiro atoms. The number of rotatable bonds is 7. The van der Waals surface area contributed by atoms with Crippen LogP contribution in [0.1, 0.15) is 36.5 Å². The zero-order valence-electron chi connectivity index (χ0n) is 16.5. The molecule has 5 heteroatoms. The standard InChI is InChI=1S/C23H25NO4/c1-15(2)18-6-4-17(5-7-18)10-11-24-22(25)14-27-19-8-9-20-16(3)12-23(26)28-21(20)13-19/h4-9,12-13,15H,10-11,14H2,1-3H3,(H,24,25). The number of carbonyl (C=O) groups excluding carboxylic acids is 1. The molecule has 0 radical (unpaired) electrons. The van der Waals surface area contributed by atoms with Crippen molar-refractivity contribution < 1.29 is 13.9 Å². The number of hydrogen-bond acceptors (Lipinski definition) is 4. The van der Waals surface area contributed by atoms with Gasteiger partial charge in [0.1, 0.15) is 11.3 Å². The van der Waals surface area contributed by atoms with Gasteiger partial charge < -0.3 is 14.5 Å². The van der Waals surface area contributed by atoms with Crippen molar-refractivity contribution in [2.75, 3.05) is 13.2 Å². The lowest BCUT2D eigenvalue weighted by Crippen LogP contribution is -2.30. The minimum Gasteiger partial charge on any atom is -0.484 e.